The number of thiocarbonyl (C=S) groups is 1. The van der Waals surface area contributed by atoms with Crippen LogP contribution in [0.2, 0.25) is 0 Å². The Kier molecular flexibility index (Phi) is 6.36. The van der Waals surface area contributed by atoms with Gasteiger partial charge in [0.15, 0.2) is 9.88 Å². The van der Waals surface area contributed by atoms with E-state index in [1.807, 2.05) is 30.3 Å². The molecule has 1 fully saturated rings. The van der Waals surface area contributed by atoms with Gasteiger partial charge >= 0.3 is 0 Å². The van der Waals surface area contributed by atoms with Gasteiger partial charge < -0.3 is 10.4 Å². The van der Waals surface area contributed by atoms with Crippen molar-refractivity contribution < 1.29 is 5.11 Å². The number of aromatic amines is 1. The third kappa shape index (κ3) is 4.81. The number of hydrazone groups is 1. The molecule has 1 aliphatic rings. The van der Waals surface area contributed by atoms with E-state index in [4.69, 9.17) is 24.4 Å². The van der Waals surface area contributed by atoms with Gasteiger partial charge in [0.25, 0.3) is 5.56 Å². The van der Waals surface area contributed by atoms with Crippen LogP contribution < -0.4 is 16.3 Å². The van der Waals surface area contributed by atoms with Gasteiger partial charge in [0.05, 0.1) is 6.21 Å². The maximum absolute atomic E-state index is 12.2. The molecule has 1 aliphatic carbocycles. The highest BCUT2D eigenvalue weighted by atomic mass is 32.1. The first kappa shape index (κ1) is 19.2. The third-order valence-corrected chi connectivity index (χ3v) is 4.98. The third-order valence-electron chi connectivity index (χ3n) is 4.48. The van der Waals surface area contributed by atoms with Crippen molar-refractivity contribution in [1.29, 1.82) is 0 Å². The maximum atomic E-state index is 12.2. The molecule has 0 unspecified atom stereocenters. The molecular weight excluding hydrogens is 382 g/mol. The number of H-pyrrole nitrogens is 1. The van der Waals surface area contributed by atoms with E-state index in [-0.39, 0.29) is 27.4 Å². The van der Waals surface area contributed by atoms with Gasteiger partial charge in [0.1, 0.15) is 5.56 Å². The summed E-state index contributed by atoms with van der Waals surface area (Å²) in [6.45, 7) is 0. The molecule has 9 heteroatoms. The number of benzene rings is 1. The molecule has 142 valence electrons. The van der Waals surface area contributed by atoms with Gasteiger partial charge in [-0.15, -0.1) is 0 Å². The normalized spacial score (nSPS) is 15.0. The number of para-hydroxylation sites is 1. The van der Waals surface area contributed by atoms with Crippen LogP contribution in [0.3, 0.4) is 0 Å². The Bertz CT molecular complexity index is 946. The average molecular weight is 404 g/mol. The Balaban J connectivity index is 1.76. The van der Waals surface area contributed by atoms with Crippen LogP contribution in [0.25, 0.3) is 0 Å². The summed E-state index contributed by atoms with van der Waals surface area (Å²) in [5, 5.41) is 17.8. The van der Waals surface area contributed by atoms with Gasteiger partial charge in [0, 0.05) is 11.7 Å². The minimum absolute atomic E-state index is 0.0455. The van der Waals surface area contributed by atoms with Gasteiger partial charge in [-0.25, -0.2) is 0 Å². The van der Waals surface area contributed by atoms with E-state index < -0.39 is 5.56 Å². The van der Waals surface area contributed by atoms with Crippen LogP contribution in [0.1, 0.15) is 43.7 Å². The van der Waals surface area contributed by atoms with Gasteiger partial charge in [-0.3, -0.25) is 19.8 Å². The Morgan fingerprint density at radius 2 is 1.96 bits per heavy atom. The summed E-state index contributed by atoms with van der Waals surface area (Å²) in [5.41, 5.74) is 3.01. The molecule has 1 heterocycles. The second kappa shape index (κ2) is 8.92. The van der Waals surface area contributed by atoms with Crippen molar-refractivity contribution in [2.45, 2.75) is 38.1 Å². The summed E-state index contributed by atoms with van der Waals surface area (Å²) in [4.78, 5) is 14.8. The summed E-state index contributed by atoms with van der Waals surface area (Å²) in [6.07, 6.45) is 6.44. The van der Waals surface area contributed by atoms with Crippen LogP contribution in [0, 0.1) is 4.77 Å². The first-order chi connectivity index (χ1) is 13.1. The number of rotatable bonds is 4. The molecule has 3 rings (SSSR count). The van der Waals surface area contributed by atoms with Crippen molar-refractivity contribution in [2.75, 3.05) is 5.32 Å². The summed E-state index contributed by atoms with van der Waals surface area (Å²) < 4.78 is 1.86. The quantitative estimate of drug-likeness (QED) is 0.355. The van der Waals surface area contributed by atoms with Crippen molar-refractivity contribution >= 4 is 41.5 Å². The van der Waals surface area contributed by atoms with E-state index in [9.17, 15) is 9.90 Å². The van der Waals surface area contributed by atoms with Crippen LogP contribution in [0.4, 0.5) is 5.69 Å². The van der Waals surface area contributed by atoms with Gasteiger partial charge in [0.2, 0.25) is 5.88 Å². The van der Waals surface area contributed by atoms with E-state index in [1.54, 1.807) is 4.57 Å². The Morgan fingerprint density at radius 3 is 2.67 bits per heavy atom. The summed E-state index contributed by atoms with van der Waals surface area (Å²) in [6, 6.07) is 9.48. The highest BCUT2D eigenvalue weighted by Gasteiger charge is 2.21. The Morgan fingerprint density at radius 1 is 1.26 bits per heavy atom. The number of aromatic nitrogens is 2. The zero-order valence-electron chi connectivity index (χ0n) is 14.6. The standard InChI is InChI=1S/C18H21N5O2S2/c24-15-14(11-19-22-17(26)20-12-7-3-1-4-8-12)16(25)23(18(27)21-15)13-9-5-2-6-10-13/h1,3-4,7-8,11,13,25H,2,5-6,9-10H2,(H2,20,22,26)(H,21,24,27)/b19-11+. The van der Waals surface area contributed by atoms with Crippen molar-refractivity contribution in [1.82, 2.24) is 15.0 Å². The van der Waals surface area contributed by atoms with Crippen molar-refractivity contribution in [3.8, 4) is 5.88 Å². The zero-order chi connectivity index (χ0) is 19.2. The molecule has 7 nitrogen and oxygen atoms in total. The monoisotopic (exact) mass is 403 g/mol. The second-order valence-electron chi connectivity index (χ2n) is 6.35. The molecule has 4 N–H and O–H groups in total. The smallest absolute Gasteiger partial charge is 0.264 e. The minimum Gasteiger partial charge on any atom is -0.494 e. The molecular formula is C18H21N5O2S2. The molecule has 0 bridgehead atoms. The molecule has 1 aromatic carbocycles. The molecule has 0 saturated heterocycles. The molecule has 0 spiro atoms. The van der Waals surface area contributed by atoms with Crippen LogP contribution >= 0.6 is 24.4 Å². The summed E-state index contributed by atoms with van der Waals surface area (Å²) in [5.74, 6) is -0.164. The topological polar surface area (TPSA) is 94.4 Å². The van der Waals surface area contributed by atoms with E-state index in [2.05, 4.69) is 20.8 Å². The fraction of sp³-hybridized carbons (Fsp3) is 0.333. The maximum Gasteiger partial charge on any atom is 0.264 e. The van der Waals surface area contributed by atoms with E-state index in [1.165, 1.54) is 12.6 Å². The predicted octanol–water partition coefficient (Wildman–Crippen LogP) is 3.44. The van der Waals surface area contributed by atoms with Crippen LogP contribution in [-0.2, 0) is 0 Å². The highest BCUT2D eigenvalue weighted by molar-refractivity contribution is 7.80. The molecule has 2 aromatic rings. The van der Waals surface area contributed by atoms with Gasteiger partial charge in [-0.1, -0.05) is 37.5 Å². The first-order valence-electron chi connectivity index (χ1n) is 8.79. The lowest BCUT2D eigenvalue weighted by Gasteiger charge is -2.25. The van der Waals surface area contributed by atoms with Crippen molar-refractivity contribution in [2.24, 2.45) is 5.10 Å². The van der Waals surface area contributed by atoms with Crippen molar-refractivity contribution in [3.05, 3.63) is 51.0 Å². The molecule has 27 heavy (non-hydrogen) atoms. The SMILES string of the molecule is O=c1[nH]c(=S)n(C2CCCCC2)c(O)c1/C=N/NC(=S)Nc1ccccc1. The number of anilines is 1. The van der Waals surface area contributed by atoms with E-state index in [0.29, 0.717) is 0 Å². The molecule has 1 saturated carbocycles. The number of hydrogen-bond donors (Lipinski definition) is 4. The lowest BCUT2D eigenvalue weighted by Crippen LogP contribution is -2.25. The van der Waals surface area contributed by atoms with Crippen LogP contribution in [-0.4, -0.2) is 26.0 Å². The largest absolute Gasteiger partial charge is 0.494 e. The lowest BCUT2D eigenvalue weighted by atomic mass is 9.95. The average Bonchev–Trinajstić information content (AvgIpc) is 2.66. The van der Waals surface area contributed by atoms with E-state index >= 15 is 0 Å². The second-order valence-corrected chi connectivity index (χ2v) is 7.14. The molecule has 0 aliphatic heterocycles. The Labute approximate surface area is 167 Å². The van der Waals surface area contributed by atoms with Crippen molar-refractivity contribution in [3.63, 3.8) is 0 Å². The fourth-order valence-electron chi connectivity index (χ4n) is 3.18. The first-order valence-corrected chi connectivity index (χ1v) is 9.61. The highest BCUT2D eigenvalue weighted by Crippen LogP contribution is 2.31. The minimum atomic E-state index is -0.489. The summed E-state index contributed by atoms with van der Waals surface area (Å²) >= 11 is 10.4. The predicted molar refractivity (Wildman–Crippen MR) is 113 cm³/mol. The van der Waals surface area contributed by atoms with Crippen LogP contribution in [0.15, 0.2) is 40.2 Å². The number of nitrogens with one attached hydrogen (secondary N) is 3. The lowest BCUT2D eigenvalue weighted by molar-refractivity contribution is 0.303. The number of hydrogen-bond acceptors (Lipinski definition) is 5. The fourth-order valence-corrected chi connectivity index (χ4v) is 3.68. The molecule has 0 amide bonds. The molecule has 0 radical (unpaired) electrons. The summed E-state index contributed by atoms with van der Waals surface area (Å²) in [7, 11) is 0. The molecule has 1 aromatic heterocycles. The number of nitrogens with zero attached hydrogens (tertiary/aromatic N) is 2. The number of aromatic hydroxyl groups is 1. The van der Waals surface area contributed by atoms with Crippen LogP contribution in [0.5, 0.6) is 5.88 Å². The van der Waals surface area contributed by atoms with Gasteiger partial charge in [-0.05, 0) is 49.4 Å². The zero-order valence-corrected chi connectivity index (χ0v) is 16.3. The molecule has 0 atom stereocenters. The van der Waals surface area contributed by atoms with Gasteiger partial charge in [-0.2, -0.15) is 5.10 Å². The Hall–Kier alpha value is -2.52. The van der Waals surface area contributed by atoms with E-state index in [0.717, 1.165) is 31.4 Å².